The summed E-state index contributed by atoms with van der Waals surface area (Å²) in [5.41, 5.74) is 5.05. The highest BCUT2D eigenvalue weighted by Crippen LogP contribution is 2.20. The zero-order valence-corrected chi connectivity index (χ0v) is 16.4. The van der Waals surface area contributed by atoms with E-state index in [4.69, 9.17) is 0 Å². The molecule has 27 heavy (non-hydrogen) atoms. The lowest BCUT2D eigenvalue weighted by molar-refractivity contribution is 0.0953. The number of rotatable bonds is 7. The van der Waals surface area contributed by atoms with Crippen LogP contribution in [0.3, 0.4) is 0 Å². The van der Waals surface area contributed by atoms with Crippen molar-refractivity contribution in [3.63, 3.8) is 0 Å². The van der Waals surface area contributed by atoms with E-state index in [0.717, 1.165) is 36.2 Å². The van der Waals surface area contributed by atoms with Gasteiger partial charge in [0.25, 0.3) is 5.91 Å². The number of carbonyl (C=O) groups is 1. The number of hydrogen-bond acceptors (Lipinski definition) is 3. The van der Waals surface area contributed by atoms with Crippen LogP contribution in [-0.4, -0.2) is 28.5 Å². The lowest BCUT2D eigenvalue weighted by Crippen LogP contribution is -2.24. The highest BCUT2D eigenvalue weighted by Gasteiger charge is 2.11. The predicted molar refractivity (Wildman–Crippen MR) is 112 cm³/mol. The summed E-state index contributed by atoms with van der Waals surface area (Å²) in [6.07, 6.45) is 11.7. The molecular formula is C22H28N4O. The maximum absolute atomic E-state index is 12.3. The van der Waals surface area contributed by atoms with Gasteiger partial charge in [-0.15, -0.1) is 0 Å². The largest absolute Gasteiger partial charge is 0.352 e. The minimum absolute atomic E-state index is 0.0403. The Morgan fingerprint density at radius 3 is 3.00 bits per heavy atom. The van der Waals surface area contributed by atoms with Crippen LogP contribution >= 0.6 is 0 Å². The average molecular weight is 364 g/mol. The van der Waals surface area contributed by atoms with Crippen LogP contribution in [0.25, 0.3) is 11.0 Å². The molecule has 2 aromatic rings. The van der Waals surface area contributed by atoms with E-state index in [9.17, 15) is 4.79 Å². The van der Waals surface area contributed by atoms with Crippen LogP contribution in [0.1, 0.15) is 43.5 Å². The maximum Gasteiger partial charge on any atom is 0.251 e. The zero-order valence-electron chi connectivity index (χ0n) is 16.4. The minimum atomic E-state index is -0.0403. The SMILES string of the molecule is CCCCNC(=O)c1ccc2c(c1)nc(NCC1=CC=CCC(C)=C1)n2C. The van der Waals surface area contributed by atoms with Gasteiger partial charge in [-0.05, 0) is 43.5 Å². The Hall–Kier alpha value is -2.82. The van der Waals surface area contributed by atoms with Gasteiger partial charge in [0.2, 0.25) is 5.95 Å². The number of imidazole rings is 1. The fraction of sp³-hybridized carbons (Fsp3) is 0.364. The van der Waals surface area contributed by atoms with Crippen molar-refractivity contribution in [3.05, 3.63) is 59.2 Å². The van der Waals surface area contributed by atoms with Gasteiger partial charge in [-0.1, -0.05) is 43.2 Å². The van der Waals surface area contributed by atoms with E-state index < -0.39 is 0 Å². The minimum Gasteiger partial charge on any atom is -0.352 e. The van der Waals surface area contributed by atoms with Gasteiger partial charge in [0.05, 0.1) is 11.0 Å². The van der Waals surface area contributed by atoms with Crippen molar-refractivity contribution in [2.45, 2.75) is 33.1 Å². The van der Waals surface area contributed by atoms with Gasteiger partial charge in [0.15, 0.2) is 0 Å². The molecule has 1 heterocycles. The second kappa shape index (κ2) is 8.71. The number of benzene rings is 1. The molecule has 0 fully saturated rings. The van der Waals surface area contributed by atoms with Gasteiger partial charge in [-0.3, -0.25) is 4.79 Å². The molecule has 5 heteroatoms. The molecule has 2 N–H and O–H groups in total. The van der Waals surface area contributed by atoms with Crippen LogP contribution in [0.4, 0.5) is 5.95 Å². The second-order valence-electron chi connectivity index (χ2n) is 7.03. The van der Waals surface area contributed by atoms with E-state index in [1.165, 1.54) is 11.1 Å². The smallest absolute Gasteiger partial charge is 0.251 e. The second-order valence-corrected chi connectivity index (χ2v) is 7.03. The van der Waals surface area contributed by atoms with Crippen LogP contribution in [0.15, 0.2) is 53.6 Å². The molecular weight excluding hydrogens is 336 g/mol. The molecule has 1 amide bonds. The third-order valence-electron chi connectivity index (χ3n) is 4.73. The molecule has 0 radical (unpaired) electrons. The number of allylic oxidation sites excluding steroid dienone is 4. The van der Waals surface area contributed by atoms with Crippen molar-refractivity contribution < 1.29 is 4.79 Å². The van der Waals surface area contributed by atoms with E-state index in [1.807, 2.05) is 29.8 Å². The number of nitrogens with zero attached hydrogens (tertiary/aromatic N) is 2. The fourth-order valence-electron chi connectivity index (χ4n) is 3.14. The summed E-state index contributed by atoms with van der Waals surface area (Å²) >= 11 is 0. The van der Waals surface area contributed by atoms with E-state index in [0.29, 0.717) is 18.7 Å². The highest BCUT2D eigenvalue weighted by molar-refractivity contribution is 5.97. The van der Waals surface area contributed by atoms with Crippen molar-refractivity contribution in [1.29, 1.82) is 0 Å². The Kier molecular flexibility index (Phi) is 6.12. The summed E-state index contributed by atoms with van der Waals surface area (Å²) in [4.78, 5) is 17.0. The molecule has 0 spiro atoms. The predicted octanol–water partition coefficient (Wildman–Crippen LogP) is 4.35. The molecule has 0 saturated heterocycles. The molecule has 1 aromatic carbocycles. The first kappa shape index (κ1) is 19.0. The molecule has 0 saturated carbocycles. The molecule has 0 atom stereocenters. The van der Waals surface area contributed by atoms with Gasteiger partial charge in [0, 0.05) is 25.7 Å². The topological polar surface area (TPSA) is 59.0 Å². The Balaban J connectivity index is 1.74. The molecule has 1 aromatic heterocycles. The first-order valence-electron chi connectivity index (χ1n) is 9.60. The molecule has 142 valence electrons. The lowest BCUT2D eigenvalue weighted by atomic mass is 10.1. The Bertz CT molecular complexity index is 918. The van der Waals surface area contributed by atoms with Crippen LogP contribution in [0.5, 0.6) is 0 Å². The Labute approximate surface area is 160 Å². The Morgan fingerprint density at radius 1 is 1.33 bits per heavy atom. The first-order valence-corrected chi connectivity index (χ1v) is 9.60. The monoisotopic (exact) mass is 364 g/mol. The number of anilines is 1. The zero-order chi connectivity index (χ0) is 19.2. The van der Waals surface area contributed by atoms with Crippen molar-refractivity contribution in [2.24, 2.45) is 7.05 Å². The number of carbonyl (C=O) groups excluding carboxylic acids is 1. The summed E-state index contributed by atoms with van der Waals surface area (Å²) in [5, 5.41) is 6.37. The number of aryl methyl sites for hydroxylation is 1. The molecule has 0 bridgehead atoms. The molecule has 0 aliphatic heterocycles. The number of amides is 1. The van der Waals surface area contributed by atoms with Crippen molar-refractivity contribution in [3.8, 4) is 0 Å². The van der Waals surface area contributed by atoms with Crippen molar-refractivity contribution >= 4 is 22.9 Å². The van der Waals surface area contributed by atoms with Crippen LogP contribution in [0, 0.1) is 0 Å². The van der Waals surface area contributed by atoms with Crippen LogP contribution in [0.2, 0.25) is 0 Å². The summed E-state index contributed by atoms with van der Waals surface area (Å²) in [7, 11) is 1.99. The molecule has 1 aliphatic rings. The summed E-state index contributed by atoms with van der Waals surface area (Å²) in [6, 6.07) is 5.68. The van der Waals surface area contributed by atoms with E-state index in [1.54, 1.807) is 0 Å². The van der Waals surface area contributed by atoms with Gasteiger partial charge in [0.1, 0.15) is 0 Å². The molecule has 3 rings (SSSR count). The number of fused-ring (bicyclic) bond motifs is 1. The Morgan fingerprint density at radius 2 is 2.19 bits per heavy atom. The van der Waals surface area contributed by atoms with Crippen LogP contribution in [-0.2, 0) is 7.05 Å². The van der Waals surface area contributed by atoms with Crippen molar-refractivity contribution in [2.75, 3.05) is 18.4 Å². The van der Waals surface area contributed by atoms with Gasteiger partial charge >= 0.3 is 0 Å². The normalized spacial score (nSPS) is 13.9. The van der Waals surface area contributed by atoms with Crippen LogP contribution < -0.4 is 10.6 Å². The first-order chi connectivity index (χ1) is 13.1. The standard InChI is InChI=1S/C22H28N4O/c1-4-5-12-23-21(27)18-10-11-20-19(14-18)25-22(26(20)3)24-15-17-9-7-6-8-16(2)13-17/h6-7,9-11,13-14H,4-5,8,12,15H2,1-3H3,(H,23,27)(H,24,25). The van der Waals surface area contributed by atoms with E-state index >= 15 is 0 Å². The van der Waals surface area contributed by atoms with Crippen molar-refractivity contribution in [1.82, 2.24) is 14.9 Å². The highest BCUT2D eigenvalue weighted by atomic mass is 16.1. The van der Waals surface area contributed by atoms with E-state index in [2.05, 4.69) is 53.8 Å². The third-order valence-corrected chi connectivity index (χ3v) is 4.73. The average Bonchev–Trinajstić information content (AvgIpc) is 2.82. The number of aromatic nitrogens is 2. The quantitative estimate of drug-likeness (QED) is 0.718. The summed E-state index contributed by atoms with van der Waals surface area (Å²) in [6.45, 7) is 5.67. The van der Waals surface area contributed by atoms with Gasteiger partial charge in [-0.25, -0.2) is 4.98 Å². The maximum atomic E-state index is 12.3. The third kappa shape index (κ3) is 4.67. The fourth-order valence-corrected chi connectivity index (χ4v) is 3.14. The number of hydrogen-bond donors (Lipinski definition) is 2. The molecule has 1 aliphatic carbocycles. The number of nitrogens with one attached hydrogen (secondary N) is 2. The summed E-state index contributed by atoms with van der Waals surface area (Å²) in [5.74, 6) is 0.759. The summed E-state index contributed by atoms with van der Waals surface area (Å²) < 4.78 is 2.03. The number of unbranched alkanes of at least 4 members (excludes halogenated alkanes) is 1. The molecule has 0 unspecified atom stereocenters. The van der Waals surface area contributed by atoms with E-state index in [-0.39, 0.29) is 5.91 Å². The molecule has 5 nitrogen and oxygen atoms in total. The van der Waals surface area contributed by atoms with Gasteiger partial charge in [-0.2, -0.15) is 0 Å². The van der Waals surface area contributed by atoms with Gasteiger partial charge < -0.3 is 15.2 Å². The lowest BCUT2D eigenvalue weighted by Gasteiger charge is -2.07.